The van der Waals surface area contributed by atoms with E-state index in [2.05, 4.69) is 17.3 Å². The molecule has 1 atom stereocenters. The second kappa shape index (κ2) is 9.32. The van der Waals surface area contributed by atoms with Crippen LogP contribution in [0.25, 0.3) is 11.1 Å². The number of carbonyl (C=O) groups is 1. The van der Waals surface area contributed by atoms with Gasteiger partial charge in [0.1, 0.15) is 11.5 Å². The van der Waals surface area contributed by atoms with Crippen LogP contribution in [-0.4, -0.2) is 34.8 Å². The van der Waals surface area contributed by atoms with Crippen LogP contribution in [0, 0.1) is 17.6 Å². The Hall–Kier alpha value is -3.26. The lowest BCUT2D eigenvalue weighted by molar-refractivity contribution is -0.120. The molecule has 0 unspecified atom stereocenters. The quantitative estimate of drug-likeness (QED) is 0.502. The van der Waals surface area contributed by atoms with E-state index in [1.165, 1.54) is 6.07 Å². The number of hydrogen-bond donors (Lipinski definition) is 1. The molecule has 1 amide bonds. The van der Waals surface area contributed by atoms with Gasteiger partial charge in [-0.25, -0.2) is 8.78 Å². The van der Waals surface area contributed by atoms with E-state index >= 15 is 0 Å². The second-order valence-corrected chi connectivity index (χ2v) is 10.2. The summed E-state index contributed by atoms with van der Waals surface area (Å²) < 4.78 is 36.0. The third-order valence-corrected chi connectivity index (χ3v) is 7.62. The number of halogens is 2. The monoisotopic (exact) mass is 492 g/mol. The maximum Gasteiger partial charge on any atom is 0.230 e. The molecule has 1 aliphatic carbocycles. The van der Waals surface area contributed by atoms with Gasteiger partial charge in [-0.05, 0) is 82.8 Å². The first-order valence-electron chi connectivity index (χ1n) is 12.9. The first kappa shape index (κ1) is 23.2. The molecule has 3 aromatic rings. The minimum absolute atomic E-state index is 0.0928. The molecular weight excluding hydrogens is 462 g/mol. The molecule has 1 saturated heterocycles. The number of piperidine rings is 1. The fraction of sp³-hybridized carbons (Fsp3) is 0.429. The van der Waals surface area contributed by atoms with E-state index in [-0.39, 0.29) is 23.6 Å². The van der Waals surface area contributed by atoms with Crippen molar-refractivity contribution in [2.45, 2.75) is 57.5 Å². The molecule has 1 N–H and O–H groups in total. The van der Waals surface area contributed by atoms with E-state index in [4.69, 9.17) is 4.74 Å². The highest BCUT2D eigenvalue weighted by Crippen LogP contribution is 2.46. The molecular formula is C28H30F2N4O2. The van der Waals surface area contributed by atoms with E-state index in [0.29, 0.717) is 11.8 Å². The number of rotatable bonds is 5. The lowest BCUT2D eigenvalue weighted by Crippen LogP contribution is -2.43. The lowest BCUT2D eigenvalue weighted by Gasteiger charge is -2.36. The number of amides is 1. The molecule has 1 aromatic heterocycles. The van der Waals surface area contributed by atoms with Crippen molar-refractivity contribution in [3.63, 3.8) is 0 Å². The smallest absolute Gasteiger partial charge is 0.230 e. The Morgan fingerprint density at radius 1 is 1.06 bits per heavy atom. The van der Waals surface area contributed by atoms with Crippen LogP contribution < -0.4 is 15.0 Å². The summed E-state index contributed by atoms with van der Waals surface area (Å²) >= 11 is 0. The highest BCUT2D eigenvalue weighted by molar-refractivity contribution is 5.99. The summed E-state index contributed by atoms with van der Waals surface area (Å²) in [5.41, 5.74) is 3.48. The normalized spacial score (nSPS) is 20.3. The van der Waals surface area contributed by atoms with Gasteiger partial charge in [0.2, 0.25) is 5.91 Å². The minimum atomic E-state index is -0.961. The van der Waals surface area contributed by atoms with Gasteiger partial charge < -0.3 is 15.0 Å². The van der Waals surface area contributed by atoms with E-state index in [0.717, 1.165) is 86.1 Å². The summed E-state index contributed by atoms with van der Waals surface area (Å²) in [5, 5.41) is 8.03. The molecule has 0 spiro atoms. The lowest BCUT2D eigenvalue weighted by atomic mass is 9.92. The Kier molecular flexibility index (Phi) is 5.99. The van der Waals surface area contributed by atoms with Crippen LogP contribution in [0.1, 0.15) is 50.6 Å². The number of nitrogens with one attached hydrogen (secondary N) is 1. The van der Waals surface area contributed by atoms with E-state index in [1.54, 1.807) is 0 Å². The summed E-state index contributed by atoms with van der Waals surface area (Å²) in [6.45, 7) is 4.01. The van der Waals surface area contributed by atoms with Gasteiger partial charge in [0.15, 0.2) is 11.6 Å². The van der Waals surface area contributed by atoms with Crippen molar-refractivity contribution in [1.82, 2.24) is 15.1 Å². The maximum absolute atomic E-state index is 14.0. The van der Waals surface area contributed by atoms with Crippen molar-refractivity contribution in [3.05, 3.63) is 59.9 Å². The van der Waals surface area contributed by atoms with Crippen molar-refractivity contribution in [2.24, 2.45) is 5.92 Å². The molecule has 2 aliphatic heterocycles. The second-order valence-electron chi connectivity index (χ2n) is 10.2. The first-order chi connectivity index (χ1) is 17.5. The fourth-order valence-electron chi connectivity index (χ4n) is 5.42. The summed E-state index contributed by atoms with van der Waals surface area (Å²) in [5.74, 6) is -0.838. The maximum atomic E-state index is 14.0. The van der Waals surface area contributed by atoms with Crippen molar-refractivity contribution in [2.75, 3.05) is 18.0 Å². The molecule has 3 aliphatic rings. The Morgan fingerprint density at radius 2 is 1.86 bits per heavy atom. The summed E-state index contributed by atoms with van der Waals surface area (Å²) in [6.07, 6.45) is 9.29. The average Bonchev–Trinajstić information content (AvgIpc) is 3.63. The predicted molar refractivity (Wildman–Crippen MR) is 133 cm³/mol. The topological polar surface area (TPSA) is 59.4 Å². The number of hydrogen-bond acceptors (Lipinski definition) is 4. The van der Waals surface area contributed by atoms with E-state index in [1.807, 2.05) is 34.1 Å². The molecule has 1 saturated carbocycles. The van der Waals surface area contributed by atoms with Gasteiger partial charge in [-0.3, -0.25) is 9.48 Å². The number of anilines is 1. The van der Waals surface area contributed by atoms with Crippen LogP contribution in [0.3, 0.4) is 0 Å². The Labute approximate surface area is 209 Å². The zero-order valence-electron chi connectivity index (χ0n) is 20.3. The molecule has 8 heteroatoms. The average molecular weight is 493 g/mol. The number of benzene rings is 2. The van der Waals surface area contributed by atoms with Gasteiger partial charge in [-0.2, -0.15) is 5.10 Å². The molecule has 0 bridgehead atoms. The molecule has 36 heavy (non-hydrogen) atoms. The van der Waals surface area contributed by atoms with Gasteiger partial charge >= 0.3 is 0 Å². The van der Waals surface area contributed by atoms with Crippen molar-refractivity contribution >= 4 is 11.6 Å². The molecule has 2 fully saturated rings. The molecule has 6 nitrogen and oxygen atoms in total. The highest BCUT2D eigenvalue weighted by Gasteiger charge is 2.39. The van der Waals surface area contributed by atoms with Gasteiger partial charge in [0.05, 0.1) is 17.9 Å². The minimum Gasteiger partial charge on any atom is -0.456 e. The van der Waals surface area contributed by atoms with Crippen molar-refractivity contribution in [3.8, 4) is 22.6 Å². The third-order valence-electron chi connectivity index (χ3n) is 7.62. The number of nitrogens with zero attached hydrogens (tertiary/aromatic N) is 3. The number of carbonyl (C=O) groups excluding carboxylic acids is 1. The van der Waals surface area contributed by atoms with Gasteiger partial charge in [0, 0.05) is 40.9 Å². The number of fused-ring (bicyclic) bond motifs is 1. The largest absolute Gasteiger partial charge is 0.456 e. The van der Waals surface area contributed by atoms with Crippen LogP contribution in [-0.2, 0) is 11.2 Å². The molecule has 2 aromatic carbocycles. The molecule has 0 radical (unpaired) electrons. The molecule has 6 rings (SSSR count). The van der Waals surface area contributed by atoms with Gasteiger partial charge in [-0.15, -0.1) is 0 Å². The van der Waals surface area contributed by atoms with E-state index < -0.39 is 11.6 Å². The molecule has 3 heterocycles. The number of ether oxygens (including phenoxy) is 1. The van der Waals surface area contributed by atoms with Gasteiger partial charge in [-0.1, -0.05) is 0 Å². The van der Waals surface area contributed by atoms with Crippen LogP contribution in [0.5, 0.6) is 11.5 Å². The first-order valence-corrected chi connectivity index (χ1v) is 12.9. The molecule has 188 valence electrons. The summed E-state index contributed by atoms with van der Waals surface area (Å²) in [7, 11) is 0. The van der Waals surface area contributed by atoms with E-state index in [9.17, 15) is 13.6 Å². The zero-order valence-corrected chi connectivity index (χ0v) is 20.3. The summed E-state index contributed by atoms with van der Waals surface area (Å²) in [4.78, 5) is 15.1. The summed E-state index contributed by atoms with van der Waals surface area (Å²) in [6, 6.07) is 7.95. The number of aromatic nitrogens is 2. The SMILES string of the molecule is C[C@H]1CCc2c(ccc(-c3cnn(C4CCNCC4)c3)c2Oc2ccc(F)c(F)c2)N1C(=O)C1CC1. The van der Waals surface area contributed by atoms with Gasteiger partial charge in [0.25, 0.3) is 0 Å². The Bertz CT molecular complexity index is 1300. The third kappa shape index (κ3) is 4.28. The van der Waals surface area contributed by atoms with Crippen LogP contribution in [0.2, 0.25) is 0 Å². The Balaban J connectivity index is 1.44. The highest BCUT2D eigenvalue weighted by atomic mass is 19.2. The fourth-order valence-corrected chi connectivity index (χ4v) is 5.42. The van der Waals surface area contributed by atoms with Crippen molar-refractivity contribution < 1.29 is 18.3 Å². The van der Waals surface area contributed by atoms with Crippen LogP contribution >= 0.6 is 0 Å². The standard InChI is InChI=1S/C28H30F2N4O2/c1-17-2-6-23-26(34(17)28(35)18-3-4-18)9-7-22(27(23)36-21-5-8-24(29)25(30)14-21)19-15-32-33(16-19)20-10-12-31-13-11-20/h5,7-9,14-18,20,31H,2-4,6,10-13H2,1H3/t17-/m0/s1. The van der Waals surface area contributed by atoms with Crippen LogP contribution in [0.4, 0.5) is 14.5 Å². The Morgan fingerprint density at radius 3 is 2.61 bits per heavy atom. The predicted octanol–water partition coefficient (Wildman–Crippen LogP) is 5.62. The van der Waals surface area contributed by atoms with Crippen LogP contribution in [0.15, 0.2) is 42.7 Å². The van der Waals surface area contributed by atoms with Crippen molar-refractivity contribution in [1.29, 1.82) is 0 Å². The zero-order chi connectivity index (χ0) is 24.8.